The summed E-state index contributed by atoms with van der Waals surface area (Å²) in [6.07, 6.45) is 1.84. The molecule has 0 aliphatic carbocycles. The summed E-state index contributed by atoms with van der Waals surface area (Å²) in [6.45, 7) is 3.61. The summed E-state index contributed by atoms with van der Waals surface area (Å²) in [7, 11) is 3.62. The van der Waals surface area contributed by atoms with E-state index in [4.69, 9.17) is 4.74 Å². The van der Waals surface area contributed by atoms with Gasteiger partial charge < -0.3 is 9.64 Å². The van der Waals surface area contributed by atoms with Crippen LogP contribution in [0, 0.1) is 0 Å². The van der Waals surface area contributed by atoms with Crippen LogP contribution in [0.3, 0.4) is 0 Å². The Bertz CT molecular complexity index is 400. The molecule has 2 rings (SSSR count). The Labute approximate surface area is 95.0 Å². The fraction of sp³-hybridized carbons (Fsp3) is 0.636. The first-order valence-corrected chi connectivity index (χ1v) is 5.38. The number of methoxy groups -OCH3 is 1. The smallest absolute Gasteiger partial charge is 0.219 e. The van der Waals surface area contributed by atoms with Crippen molar-refractivity contribution in [1.29, 1.82) is 0 Å². The number of hydrogen-bond donors (Lipinski definition) is 0. The number of nitrogens with zero attached hydrogens (tertiary/aromatic N) is 3. The van der Waals surface area contributed by atoms with Crippen LogP contribution in [0.2, 0.25) is 0 Å². The number of hydrogen-bond acceptors (Lipinski definition) is 3. The molecule has 1 amide bonds. The van der Waals surface area contributed by atoms with E-state index >= 15 is 0 Å². The first kappa shape index (κ1) is 11.1. The second kappa shape index (κ2) is 4.25. The molecule has 1 aromatic heterocycles. The zero-order valence-corrected chi connectivity index (χ0v) is 9.93. The van der Waals surface area contributed by atoms with Crippen molar-refractivity contribution in [2.75, 3.05) is 20.3 Å². The van der Waals surface area contributed by atoms with Gasteiger partial charge in [0.05, 0.1) is 18.5 Å². The topological polar surface area (TPSA) is 47.4 Å². The minimum Gasteiger partial charge on any atom is -0.384 e. The molecule has 1 aliphatic rings. The molecule has 0 N–H and O–H groups in total. The van der Waals surface area contributed by atoms with Gasteiger partial charge in [-0.2, -0.15) is 5.10 Å². The highest BCUT2D eigenvalue weighted by molar-refractivity contribution is 5.73. The Morgan fingerprint density at radius 2 is 2.44 bits per heavy atom. The molecule has 0 saturated heterocycles. The second-order valence-corrected chi connectivity index (χ2v) is 4.23. The summed E-state index contributed by atoms with van der Waals surface area (Å²) < 4.78 is 7.10. The lowest BCUT2D eigenvalue weighted by Gasteiger charge is -2.32. The molecule has 0 fully saturated rings. The van der Waals surface area contributed by atoms with E-state index in [1.54, 1.807) is 14.0 Å². The van der Waals surface area contributed by atoms with Crippen LogP contribution in [-0.4, -0.2) is 40.8 Å². The molecule has 16 heavy (non-hydrogen) atoms. The molecular weight excluding hydrogens is 206 g/mol. The van der Waals surface area contributed by atoms with Crippen LogP contribution < -0.4 is 0 Å². The van der Waals surface area contributed by atoms with Crippen LogP contribution in [0.4, 0.5) is 0 Å². The van der Waals surface area contributed by atoms with Gasteiger partial charge in [-0.25, -0.2) is 0 Å². The summed E-state index contributed by atoms with van der Waals surface area (Å²) >= 11 is 0. The molecule has 0 unspecified atom stereocenters. The quantitative estimate of drug-likeness (QED) is 0.734. The molecule has 1 aliphatic heterocycles. The lowest BCUT2D eigenvalue weighted by Crippen LogP contribution is -2.38. The number of ether oxygens (including phenoxy) is 1. The number of rotatable bonds is 2. The van der Waals surface area contributed by atoms with E-state index in [2.05, 4.69) is 5.10 Å². The van der Waals surface area contributed by atoms with E-state index < -0.39 is 0 Å². The van der Waals surface area contributed by atoms with E-state index in [1.165, 1.54) is 5.69 Å². The van der Waals surface area contributed by atoms with Crippen molar-refractivity contribution in [2.45, 2.75) is 19.4 Å². The van der Waals surface area contributed by atoms with Crippen molar-refractivity contribution in [1.82, 2.24) is 14.7 Å². The Balaban J connectivity index is 2.31. The van der Waals surface area contributed by atoms with Crippen LogP contribution >= 0.6 is 0 Å². The minimum absolute atomic E-state index is 0.107. The lowest BCUT2D eigenvalue weighted by atomic mass is 9.97. The number of amides is 1. The first-order chi connectivity index (χ1) is 7.63. The Hall–Kier alpha value is -1.36. The van der Waals surface area contributed by atoms with Crippen LogP contribution in [0.5, 0.6) is 0 Å². The summed E-state index contributed by atoms with van der Waals surface area (Å²) in [5.74, 6) is 0.334. The third-order valence-electron chi connectivity index (χ3n) is 3.07. The maximum atomic E-state index is 11.4. The van der Waals surface area contributed by atoms with Crippen molar-refractivity contribution in [3.63, 3.8) is 0 Å². The predicted octanol–water partition coefficient (Wildman–Crippen LogP) is 0.512. The van der Waals surface area contributed by atoms with Gasteiger partial charge in [0.15, 0.2) is 0 Å². The van der Waals surface area contributed by atoms with E-state index in [0.29, 0.717) is 13.2 Å². The maximum absolute atomic E-state index is 11.4. The van der Waals surface area contributed by atoms with Crippen molar-refractivity contribution in [3.8, 4) is 0 Å². The van der Waals surface area contributed by atoms with E-state index in [-0.39, 0.29) is 11.8 Å². The Morgan fingerprint density at radius 3 is 3.06 bits per heavy atom. The molecule has 0 radical (unpaired) electrons. The summed E-state index contributed by atoms with van der Waals surface area (Å²) in [5.41, 5.74) is 2.32. The number of carbonyl (C=O) groups is 1. The van der Waals surface area contributed by atoms with Gasteiger partial charge in [0, 0.05) is 45.7 Å². The van der Waals surface area contributed by atoms with Crippen molar-refractivity contribution in [2.24, 2.45) is 7.05 Å². The largest absolute Gasteiger partial charge is 0.384 e. The first-order valence-electron chi connectivity index (χ1n) is 5.38. The highest BCUT2D eigenvalue weighted by Gasteiger charge is 2.29. The minimum atomic E-state index is 0.107. The van der Waals surface area contributed by atoms with Crippen LogP contribution in [0.25, 0.3) is 0 Å². The molecule has 0 bridgehead atoms. The van der Waals surface area contributed by atoms with E-state index in [9.17, 15) is 4.79 Å². The third-order valence-corrected chi connectivity index (χ3v) is 3.07. The molecule has 0 aromatic carbocycles. The van der Waals surface area contributed by atoms with Crippen LogP contribution in [-0.2, 0) is 23.1 Å². The predicted molar refractivity (Wildman–Crippen MR) is 58.9 cm³/mol. The molecule has 5 heteroatoms. The molecule has 5 nitrogen and oxygen atoms in total. The van der Waals surface area contributed by atoms with Crippen LogP contribution in [0.15, 0.2) is 6.20 Å². The van der Waals surface area contributed by atoms with Crippen LogP contribution in [0.1, 0.15) is 24.1 Å². The number of aromatic nitrogens is 2. The highest BCUT2D eigenvalue weighted by Crippen LogP contribution is 2.27. The lowest BCUT2D eigenvalue weighted by molar-refractivity contribution is -0.130. The second-order valence-electron chi connectivity index (χ2n) is 4.23. The van der Waals surface area contributed by atoms with Gasteiger partial charge in [0.1, 0.15) is 0 Å². The van der Waals surface area contributed by atoms with E-state index in [0.717, 1.165) is 12.1 Å². The SMILES string of the molecule is COC[C@@H]1CN(C(C)=O)Cc2cnn(C)c21. The van der Waals surface area contributed by atoms with Gasteiger partial charge in [-0.3, -0.25) is 9.48 Å². The third kappa shape index (κ3) is 1.82. The van der Waals surface area contributed by atoms with Gasteiger partial charge in [-0.15, -0.1) is 0 Å². The fourth-order valence-corrected chi connectivity index (χ4v) is 2.34. The fourth-order valence-electron chi connectivity index (χ4n) is 2.34. The van der Waals surface area contributed by atoms with Gasteiger partial charge in [0.25, 0.3) is 0 Å². The Morgan fingerprint density at radius 1 is 1.69 bits per heavy atom. The number of carbonyl (C=O) groups excluding carboxylic acids is 1. The average Bonchev–Trinajstić information content (AvgIpc) is 2.61. The number of aryl methyl sites for hydroxylation is 1. The molecule has 2 heterocycles. The van der Waals surface area contributed by atoms with Gasteiger partial charge in [-0.1, -0.05) is 0 Å². The normalized spacial score (nSPS) is 19.7. The average molecular weight is 223 g/mol. The van der Waals surface area contributed by atoms with Crippen molar-refractivity contribution in [3.05, 3.63) is 17.5 Å². The monoisotopic (exact) mass is 223 g/mol. The van der Waals surface area contributed by atoms with Gasteiger partial charge in [0.2, 0.25) is 5.91 Å². The highest BCUT2D eigenvalue weighted by atomic mass is 16.5. The standard InChI is InChI=1S/C11H17N3O2/c1-8(15)14-5-9-4-12-13(2)11(9)10(6-14)7-16-3/h4,10H,5-7H2,1-3H3/t10-/m0/s1. The van der Waals surface area contributed by atoms with Gasteiger partial charge >= 0.3 is 0 Å². The van der Waals surface area contributed by atoms with Crippen molar-refractivity contribution < 1.29 is 9.53 Å². The Kier molecular flexibility index (Phi) is 2.96. The zero-order chi connectivity index (χ0) is 11.7. The summed E-state index contributed by atoms with van der Waals surface area (Å²) in [6, 6.07) is 0. The summed E-state index contributed by atoms with van der Waals surface area (Å²) in [4.78, 5) is 13.3. The molecule has 0 spiro atoms. The molecule has 1 aromatic rings. The molecule has 0 saturated carbocycles. The zero-order valence-electron chi connectivity index (χ0n) is 9.93. The molecular formula is C11H17N3O2. The number of fused-ring (bicyclic) bond motifs is 1. The molecule has 1 atom stereocenters. The van der Waals surface area contributed by atoms with Gasteiger partial charge in [-0.05, 0) is 0 Å². The molecule has 88 valence electrons. The van der Waals surface area contributed by atoms with E-state index in [1.807, 2.05) is 22.8 Å². The van der Waals surface area contributed by atoms with Crippen molar-refractivity contribution >= 4 is 5.91 Å². The summed E-state index contributed by atoms with van der Waals surface area (Å²) in [5, 5.41) is 4.25. The maximum Gasteiger partial charge on any atom is 0.219 e.